The van der Waals surface area contributed by atoms with E-state index in [4.69, 9.17) is 21.6 Å². The van der Waals surface area contributed by atoms with E-state index >= 15 is 0 Å². The average Bonchev–Trinajstić information content (AvgIpc) is 3.17. The molecule has 7 heteroatoms. The fourth-order valence-corrected chi connectivity index (χ4v) is 5.87. The molecule has 3 aromatic rings. The van der Waals surface area contributed by atoms with E-state index < -0.39 is 0 Å². The smallest absolute Gasteiger partial charge is 0.222 e. The lowest BCUT2D eigenvalue weighted by Crippen LogP contribution is -2.49. The van der Waals surface area contributed by atoms with Gasteiger partial charge in [-0.3, -0.25) is 4.79 Å². The molecule has 0 saturated carbocycles. The van der Waals surface area contributed by atoms with Crippen LogP contribution in [0.2, 0.25) is 5.02 Å². The number of hydrogen-bond acceptors (Lipinski definition) is 5. The summed E-state index contributed by atoms with van der Waals surface area (Å²) in [4.78, 5) is 29.0. The van der Waals surface area contributed by atoms with Crippen LogP contribution in [0.4, 0.5) is 5.82 Å². The van der Waals surface area contributed by atoms with Crippen LogP contribution in [0, 0.1) is 0 Å². The molecule has 0 bridgehead atoms. The number of nitrogens with zero attached hydrogens (tertiary/aromatic N) is 4. The monoisotopic (exact) mass is 440 g/mol. The largest absolute Gasteiger partial charge is 0.352 e. The second-order valence-electron chi connectivity index (χ2n) is 7.99. The SMILES string of the molecule is CCC(=O)N1CCN(c2nc(-c3ccc(Cl)cc3)nc3sc4c(c23)CCCC4)CC1. The van der Waals surface area contributed by atoms with Gasteiger partial charge in [0.1, 0.15) is 10.6 Å². The molecule has 156 valence electrons. The first-order chi connectivity index (χ1) is 14.6. The number of aromatic nitrogens is 2. The number of aryl methyl sites for hydroxylation is 2. The highest BCUT2D eigenvalue weighted by Gasteiger charge is 2.27. The third-order valence-corrected chi connectivity index (χ3v) is 7.57. The molecule has 1 saturated heterocycles. The Labute approximate surface area is 185 Å². The minimum Gasteiger partial charge on any atom is -0.352 e. The number of carbonyl (C=O) groups is 1. The molecule has 5 rings (SSSR count). The van der Waals surface area contributed by atoms with Gasteiger partial charge in [-0.1, -0.05) is 18.5 Å². The van der Waals surface area contributed by atoms with Crippen LogP contribution in [0.1, 0.15) is 36.6 Å². The predicted octanol–water partition coefficient (Wildman–Crippen LogP) is 4.95. The summed E-state index contributed by atoms with van der Waals surface area (Å²) in [6, 6.07) is 7.74. The zero-order valence-electron chi connectivity index (χ0n) is 17.2. The van der Waals surface area contributed by atoms with Crippen LogP contribution in [0.5, 0.6) is 0 Å². The van der Waals surface area contributed by atoms with Gasteiger partial charge < -0.3 is 9.80 Å². The Morgan fingerprint density at radius 3 is 2.53 bits per heavy atom. The van der Waals surface area contributed by atoms with Crippen molar-refractivity contribution in [3.05, 3.63) is 39.7 Å². The Bertz CT molecular complexity index is 1090. The van der Waals surface area contributed by atoms with E-state index in [2.05, 4.69) is 4.90 Å². The topological polar surface area (TPSA) is 49.3 Å². The average molecular weight is 441 g/mol. The number of carbonyl (C=O) groups excluding carboxylic acids is 1. The van der Waals surface area contributed by atoms with Crippen LogP contribution in [-0.4, -0.2) is 47.0 Å². The van der Waals surface area contributed by atoms with E-state index in [0.717, 1.165) is 61.1 Å². The van der Waals surface area contributed by atoms with E-state index in [0.29, 0.717) is 11.4 Å². The maximum atomic E-state index is 12.1. The molecule has 5 nitrogen and oxygen atoms in total. The molecule has 1 aliphatic carbocycles. The van der Waals surface area contributed by atoms with Crippen molar-refractivity contribution in [3.63, 3.8) is 0 Å². The van der Waals surface area contributed by atoms with Crippen molar-refractivity contribution in [1.29, 1.82) is 0 Å². The highest BCUT2D eigenvalue weighted by molar-refractivity contribution is 7.19. The minimum absolute atomic E-state index is 0.234. The molecule has 2 aromatic heterocycles. The summed E-state index contributed by atoms with van der Waals surface area (Å²) in [6.07, 6.45) is 5.31. The van der Waals surface area contributed by atoms with Crippen molar-refractivity contribution in [1.82, 2.24) is 14.9 Å². The van der Waals surface area contributed by atoms with Gasteiger partial charge in [-0.05, 0) is 55.5 Å². The fraction of sp³-hybridized carbons (Fsp3) is 0.435. The number of fused-ring (bicyclic) bond motifs is 3. The first kappa shape index (κ1) is 19.8. The number of thiophene rings is 1. The standard InChI is InChI=1S/C23H25ClN4OS/c1-2-19(29)27-11-13-28(14-12-27)22-20-17-5-3-4-6-18(17)30-23(20)26-21(25-22)15-7-9-16(24)10-8-15/h7-10H,2-6,11-14H2,1H3. The van der Waals surface area contributed by atoms with Gasteiger partial charge >= 0.3 is 0 Å². The molecule has 30 heavy (non-hydrogen) atoms. The molecule has 2 aliphatic rings. The number of amides is 1. The Hall–Kier alpha value is -2.18. The Kier molecular flexibility index (Phi) is 5.37. The Balaban J connectivity index is 1.59. The van der Waals surface area contributed by atoms with Gasteiger partial charge in [0.2, 0.25) is 5.91 Å². The molecule has 0 spiro atoms. The Morgan fingerprint density at radius 2 is 1.80 bits per heavy atom. The van der Waals surface area contributed by atoms with Crippen molar-refractivity contribution < 1.29 is 4.79 Å². The van der Waals surface area contributed by atoms with E-state index in [1.54, 1.807) is 0 Å². The van der Waals surface area contributed by atoms with Gasteiger partial charge in [0, 0.05) is 48.1 Å². The van der Waals surface area contributed by atoms with Crippen LogP contribution in [0.15, 0.2) is 24.3 Å². The summed E-state index contributed by atoms with van der Waals surface area (Å²) in [5.74, 6) is 2.02. The summed E-state index contributed by atoms with van der Waals surface area (Å²) in [5, 5.41) is 1.95. The molecule has 0 atom stereocenters. The molecule has 1 amide bonds. The summed E-state index contributed by atoms with van der Waals surface area (Å²) in [5.41, 5.74) is 2.43. The molecule has 3 heterocycles. The van der Waals surface area contributed by atoms with Crippen LogP contribution in [0.3, 0.4) is 0 Å². The van der Waals surface area contributed by atoms with Crippen molar-refractivity contribution in [3.8, 4) is 11.4 Å². The third-order valence-electron chi connectivity index (χ3n) is 6.13. The van der Waals surface area contributed by atoms with Crippen LogP contribution in [0.25, 0.3) is 21.6 Å². The molecule has 1 fully saturated rings. The summed E-state index contributed by atoms with van der Waals surface area (Å²) in [7, 11) is 0. The van der Waals surface area contributed by atoms with Crippen LogP contribution in [-0.2, 0) is 17.6 Å². The van der Waals surface area contributed by atoms with Crippen LogP contribution < -0.4 is 4.90 Å². The van der Waals surface area contributed by atoms with Gasteiger partial charge in [-0.2, -0.15) is 0 Å². The maximum absolute atomic E-state index is 12.1. The highest BCUT2D eigenvalue weighted by atomic mass is 35.5. The first-order valence-electron chi connectivity index (χ1n) is 10.7. The first-order valence-corrected chi connectivity index (χ1v) is 11.9. The highest BCUT2D eigenvalue weighted by Crippen LogP contribution is 2.41. The molecule has 0 radical (unpaired) electrons. The van der Waals surface area contributed by atoms with Gasteiger partial charge in [0.25, 0.3) is 0 Å². The Morgan fingerprint density at radius 1 is 1.07 bits per heavy atom. The molecule has 0 unspecified atom stereocenters. The van der Waals surface area contributed by atoms with E-state index in [-0.39, 0.29) is 5.91 Å². The quantitative estimate of drug-likeness (QED) is 0.578. The number of halogens is 1. The lowest BCUT2D eigenvalue weighted by molar-refractivity contribution is -0.131. The normalized spacial score (nSPS) is 16.7. The zero-order chi connectivity index (χ0) is 20.7. The van der Waals surface area contributed by atoms with Gasteiger partial charge in [-0.15, -0.1) is 11.3 Å². The van der Waals surface area contributed by atoms with Crippen molar-refractivity contribution in [2.45, 2.75) is 39.0 Å². The van der Waals surface area contributed by atoms with Crippen molar-refractivity contribution >= 4 is 44.9 Å². The van der Waals surface area contributed by atoms with E-state index in [1.165, 1.54) is 28.7 Å². The van der Waals surface area contributed by atoms with Crippen molar-refractivity contribution in [2.75, 3.05) is 31.1 Å². The molecular weight excluding hydrogens is 416 g/mol. The van der Waals surface area contributed by atoms with Crippen LogP contribution >= 0.6 is 22.9 Å². The van der Waals surface area contributed by atoms with E-state index in [9.17, 15) is 4.79 Å². The predicted molar refractivity (Wildman–Crippen MR) is 124 cm³/mol. The number of rotatable bonds is 3. The zero-order valence-corrected chi connectivity index (χ0v) is 18.7. The second-order valence-corrected chi connectivity index (χ2v) is 9.51. The number of anilines is 1. The van der Waals surface area contributed by atoms with Gasteiger partial charge in [0.05, 0.1) is 5.39 Å². The lowest BCUT2D eigenvalue weighted by Gasteiger charge is -2.36. The summed E-state index contributed by atoms with van der Waals surface area (Å²) < 4.78 is 0. The molecule has 1 aromatic carbocycles. The number of benzene rings is 1. The number of hydrogen-bond donors (Lipinski definition) is 0. The minimum atomic E-state index is 0.234. The fourth-order valence-electron chi connectivity index (χ4n) is 4.49. The second kappa shape index (κ2) is 8.16. The molecular formula is C23H25ClN4OS. The van der Waals surface area contributed by atoms with Gasteiger partial charge in [0.15, 0.2) is 5.82 Å². The third kappa shape index (κ3) is 3.56. The molecule has 1 aliphatic heterocycles. The molecule has 0 N–H and O–H groups in total. The maximum Gasteiger partial charge on any atom is 0.222 e. The lowest BCUT2D eigenvalue weighted by atomic mass is 9.96. The summed E-state index contributed by atoms with van der Waals surface area (Å²) >= 11 is 7.92. The van der Waals surface area contributed by atoms with E-state index in [1.807, 2.05) is 47.4 Å². The summed E-state index contributed by atoms with van der Waals surface area (Å²) in [6.45, 7) is 5.05. The van der Waals surface area contributed by atoms with Crippen molar-refractivity contribution in [2.24, 2.45) is 0 Å². The number of piperazine rings is 1. The van der Waals surface area contributed by atoms with Gasteiger partial charge in [-0.25, -0.2) is 9.97 Å².